The molecule has 2 unspecified atom stereocenters. The van der Waals surface area contributed by atoms with Gasteiger partial charge in [0.15, 0.2) is 0 Å². The van der Waals surface area contributed by atoms with Gasteiger partial charge in [-0.2, -0.15) is 11.3 Å². The highest BCUT2D eigenvalue weighted by atomic mass is 32.1. The Labute approximate surface area is 118 Å². The number of thiophene rings is 1. The summed E-state index contributed by atoms with van der Waals surface area (Å²) in [7, 11) is 2.08. The molecule has 0 saturated heterocycles. The molecule has 0 saturated carbocycles. The molecule has 2 heterocycles. The van der Waals surface area contributed by atoms with Crippen molar-refractivity contribution < 1.29 is 5.11 Å². The van der Waals surface area contributed by atoms with Gasteiger partial charge in [-0.1, -0.05) is 0 Å². The van der Waals surface area contributed by atoms with E-state index in [2.05, 4.69) is 42.2 Å². The maximum absolute atomic E-state index is 9.99. The van der Waals surface area contributed by atoms with Crippen LogP contribution < -0.4 is 5.32 Å². The average Bonchev–Trinajstić information content (AvgIpc) is 3.05. The van der Waals surface area contributed by atoms with Gasteiger partial charge in [0.25, 0.3) is 0 Å². The Morgan fingerprint density at radius 2 is 2.26 bits per heavy atom. The molecular formula is C15H22N2OS. The Kier molecular flexibility index (Phi) is 5.19. The molecule has 19 heavy (non-hydrogen) atoms. The predicted molar refractivity (Wildman–Crippen MR) is 80.5 cm³/mol. The summed E-state index contributed by atoms with van der Waals surface area (Å²) < 4.78 is 2.16. The summed E-state index contributed by atoms with van der Waals surface area (Å²) in [5, 5.41) is 17.4. The van der Waals surface area contributed by atoms with Crippen LogP contribution in [-0.4, -0.2) is 22.3 Å². The first-order valence-electron chi connectivity index (χ1n) is 6.70. The molecule has 0 aliphatic rings. The molecule has 2 atom stereocenters. The van der Waals surface area contributed by atoms with Gasteiger partial charge in [-0.25, -0.2) is 0 Å². The van der Waals surface area contributed by atoms with Crippen molar-refractivity contribution in [1.29, 1.82) is 0 Å². The molecule has 2 aromatic rings. The van der Waals surface area contributed by atoms with E-state index in [0.29, 0.717) is 12.6 Å². The molecule has 2 N–H and O–H groups in total. The molecule has 0 amide bonds. The average molecular weight is 278 g/mol. The van der Waals surface area contributed by atoms with Crippen LogP contribution in [0.5, 0.6) is 0 Å². The van der Waals surface area contributed by atoms with Gasteiger partial charge < -0.3 is 15.0 Å². The predicted octanol–water partition coefficient (Wildman–Crippen LogP) is 2.73. The molecule has 2 aromatic heterocycles. The van der Waals surface area contributed by atoms with E-state index in [9.17, 15) is 5.11 Å². The lowest BCUT2D eigenvalue weighted by molar-refractivity contribution is 0.170. The largest absolute Gasteiger partial charge is 0.387 e. The third-order valence-electron chi connectivity index (χ3n) is 3.47. The zero-order valence-electron chi connectivity index (χ0n) is 11.5. The molecule has 104 valence electrons. The number of aliphatic hydroxyl groups is 1. The fraction of sp³-hybridized carbons (Fsp3) is 0.467. The fourth-order valence-electron chi connectivity index (χ4n) is 2.12. The fourth-order valence-corrected chi connectivity index (χ4v) is 2.82. The second-order valence-corrected chi connectivity index (χ2v) is 5.81. The SMILES string of the molecule is CC(CCc1cccn1C)NCC(O)c1ccsc1. The normalized spacial score (nSPS) is 14.5. The van der Waals surface area contributed by atoms with E-state index in [0.717, 1.165) is 18.4 Å². The van der Waals surface area contributed by atoms with Crippen LogP contribution in [0.2, 0.25) is 0 Å². The van der Waals surface area contributed by atoms with Crippen molar-refractivity contribution >= 4 is 11.3 Å². The molecule has 0 fully saturated rings. The Morgan fingerprint density at radius 3 is 2.89 bits per heavy atom. The Morgan fingerprint density at radius 1 is 1.42 bits per heavy atom. The number of aromatic nitrogens is 1. The topological polar surface area (TPSA) is 37.2 Å². The smallest absolute Gasteiger partial charge is 0.0922 e. The van der Waals surface area contributed by atoms with Crippen molar-refractivity contribution in [3.63, 3.8) is 0 Å². The molecule has 2 rings (SSSR count). The third-order valence-corrected chi connectivity index (χ3v) is 4.17. The Hall–Kier alpha value is -1.10. The highest BCUT2D eigenvalue weighted by molar-refractivity contribution is 7.07. The third kappa shape index (κ3) is 4.20. The van der Waals surface area contributed by atoms with Crippen LogP contribution in [0, 0.1) is 0 Å². The number of hydrogen-bond donors (Lipinski definition) is 2. The standard InChI is InChI=1S/C15H22N2OS/c1-12(5-6-14-4-3-8-17(14)2)16-10-15(18)13-7-9-19-11-13/h3-4,7-9,11-12,15-16,18H,5-6,10H2,1-2H3. The number of nitrogens with zero attached hydrogens (tertiary/aromatic N) is 1. The van der Waals surface area contributed by atoms with Crippen LogP contribution in [-0.2, 0) is 13.5 Å². The van der Waals surface area contributed by atoms with Crippen molar-refractivity contribution in [2.75, 3.05) is 6.54 Å². The van der Waals surface area contributed by atoms with Gasteiger partial charge >= 0.3 is 0 Å². The van der Waals surface area contributed by atoms with Gasteiger partial charge in [0.1, 0.15) is 0 Å². The summed E-state index contributed by atoms with van der Waals surface area (Å²) in [5.41, 5.74) is 2.36. The highest BCUT2D eigenvalue weighted by Gasteiger charge is 2.10. The van der Waals surface area contributed by atoms with Crippen LogP contribution in [0.3, 0.4) is 0 Å². The van der Waals surface area contributed by atoms with Gasteiger partial charge in [-0.15, -0.1) is 0 Å². The van der Waals surface area contributed by atoms with Crippen molar-refractivity contribution in [2.24, 2.45) is 7.05 Å². The lowest BCUT2D eigenvalue weighted by atomic mass is 10.1. The van der Waals surface area contributed by atoms with Gasteiger partial charge in [0.2, 0.25) is 0 Å². The number of rotatable bonds is 7. The van der Waals surface area contributed by atoms with Gasteiger partial charge in [-0.3, -0.25) is 0 Å². The molecule has 4 heteroatoms. The zero-order chi connectivity index (χ0) is 13.7. The minimum absolute atomic E-state index is 0.399. The summed E-state index contributed by atoms with van der Waals surface area (Å²) in [6.45, 7) is 2.79. The summed E-state index contributed by atoms with van der Waals surface area (Å²) in [6.07, 6.45) is 3.82. The van der Waals surface area contributed by atoms with E-state index in [-0.39, 0.29) is 0 Å². The minimum atomic E-state index is -0.399. The molecule has 0 spiro atoms. The number of nitrogens with one attached hydrogen (secondary N) is 1. The molecule has 0 aliphatic carbocycles. The summed E-state index contributed by atoms with van der Waals surface area (Å²) in [6, 6.07) is 6.62. The summed E-state index contributed by atoms with van der Waals surface area (Å²) in [4.78, 5) is 0. The van der Waals surface area contributed by atoms with E-state index >= 15 is 0 Å². The monoisotopic (exact) mass is 278 g/mol. The van der Waals surface area contributed by atoms with E-state index in [4.69, 9.17) is 0 Å². The molecule has 0 radical (unpaired) electrons. The second kappa shape index (κ2) is 6.89. The maximum Gasteiger partial charge on any atom is 0.0922 e. The van der Waals surface area contributed by atoms with E-state index in [1.165, 1.54) is 5.69 Å². The van der Waals surface area contributed by atoms with Crippen LogP contribution in [0.4, 0.5) is 0 Å². The second-order valence-electron chi connectivity index (χ2n) is 5.03. The lowest BCUT2D eigenvalue weighted by Crippen LogP contribution is -2.30. The molecule has 3 nitrogen and oxygen atoms in total. The Balaban J connectivity index is 1.70. The first-order valence-corrected chi connectivity index (χ1v) is 7.65. The summed E-state index contributed by atoms with van der Waals surface area (Å²) >= 11 is 1.62. The van der Waals surface area contributed by atoms with Crippen LogP contribution in [0.15, 0.2) is 35.2 Å². The molecular weight excluding hydrogens is 256 g/mol. The molecule has 0 aliphatic heterocycles. The van der Waals surface area contributed by atoms with E-state index < -0.39 is 6.10 Å². The van der Waals surface area contributed by atoms with Crippen LogP contribution >= 0.6 is 11.3 Å². The van der Waals surface area contributed by atoms with Gasteiger partial charge in [0.05, 0.1) is 6.10 Å². The minimum Gasteiger partial charge on any atom is -0.387 e. The Bertz CT molecular complexity index is 478. The number of aliphatic hydroxyl groups excluding tert-OH is 1. The molecule has 0 aromatic carbocycles. The lowest BCUT2D eigenvalue weighted by Gasteiger charge is -2.16. The van der Waals surface area contributed by atoms with Crippen molar-refractivity contribution in [2.45, 2.75) is 31.9 Å². The van der Waals surface area contributed by atoms with Gasteiger partial charge in [0, 0.05) is 31.5 Å². The quantitative estimate of drug-likeness (QED) is 0.817. The molecule has 0 bridgehead atoms. The number of hydrogen-bond acceptors (Lipinski definition) is 3. The van der Waals surface area contributed by atoms with Crippen LogP contribution in [0.1, 0.15) is 30.7 Å². The zero-order valence-corrected chi connectivity index (χ0v) is 12.4. The maximum atomic E-state index is 9.99. The van der Waals surface area contributed by atoms with Crippen LogP contribution in [0.25, 0.3) is 0 Å². The van der Waals surface area contributed by atoms with Crippen molar-refractivity contribution in [1.82, 2.24) is 9.88 Å². The van der Waals surface area contributed by atoms with E-state index in [1.807, 2.05) is 16.8 Å². The van der Waals surface area contributed by atoms with E-state index in [1.54, 1.807) is 11.3 Å². The highest BCUT2D eigenvalue weighted by Crippen LogP contribution is 2.15. The number of aryl methyl sites for hydroxylation is 2. The summed E-state index contributed by atoms with van der Waals surface area (Å²) in [5.74, 6) is 0. The van der Waals surface area contributed by atoms with Crippen molar-refractivity contribution in [3.05, 3.63) is 46.4 Å². The van der Waals surface area contributed by atoms with Crippen molar-refractivity contribution in [3.8, 4) is 0 Å². The first-order chi connectivity index (χ1) is 9.16. The van der Waals surface area contributed by atoms with Gasteiger partial charge in [-0.05, 0) is 54.3 Å². The first kappa shape index (κ1) is 14.3.